The molecule has 0 saturated heterocycles. The number of amides is 1. The van der Waals surface area contributed by atoms with Crippen molar-refractivity contribution in [3.05, 3.63) is 71.6 Å². The lowest BCUT2D eigenvalue weighted by Crippen LogP contribution is -2.20. The highest BCUT2D eigenvalue weighted by atomic mass is 16.5. The topological polar surface area (TPSA) is 68.3 Å². The summed E-state index contributed by atoms with van der Waals surface area (Å²) >= 11 is 0. The smallest absolute Gasteiger partial charge is 0.337 e. The summed E-state index contributed by atoms with van der Waals surface area (Å²) in [5, 5.41) is 2.77. The summed E-state index contributed by atoms with van der Waals surface area (Å²) in [6.07, 6.45) is 6.52. The van der Waals surface area contributed by atoms with Crippen LogP contribution in [0.5, 0.6) is 0 Å². The zero-order valence-corrected chi connectivity index (χ0v) is 12.2. The van der Waals surface area contributed by atoms with Crippen molar-refractivity contribution >= 4 is 18.0 Å². The lowest BCUT2D eigenvalue weighted by atomic mass is 10.1. The quantitative estimate of drug-likeness (QED) is 0.678. The second kappa shape index (κ2) is 7.73. The van der Waals surface area contributed by atoms with Crippen molar-refractivity contribution in [2.45, 2.75) is 6.54 Å². The molecule has 1 N–H and O–H groups in total. The highest BCUT2D eigenvalue weighted by Crippen LogP contribution is 2.07. The van der Waals surface area contributed by atoms with E-state index in [1.807, 2.05) is 12.1 Å². The van der Waals surface area contributed by atoms with Crippen LogP contribution in [0.3, 0.4) is 0 Å². The zero-order valence-electron chi connectivity index (χ0n) is 12.2. The number of aromatic nitrogens is 1. The van der Waals surface area contributed by atoms with Gasteiger partial charge in [-0.3, -0.25) is 9.78 Å². The van der Waals surface area contributed by atoms with E-state index in [9.17, 15) is 9.59 Å². The van der Waals surface area contributed by atoms with Gasteiger partial charge in [0.15, 0.2) is 0 Å². The fraction of sp³-hybridized carbons (Fsp3) is 0.118. The first-order valence-corrected chi connectivity index (χ1v) is 6.72. The summed E-state index contributed by atoms with van der Waals surface area (Å²) in [6, 6.07) is 10.5. The monoisotopic (exact) mass is 296 g/mol. The Morgan fingerprint density at radius 2 is 2.00 bits per heavy atom. The molecule has 5 nitrogen and oxygen atoms in total. The third kappa shape index (κ3) is 4.56. The Bertz CT molecular complexity index is 664. The Morgan fingerprint density at radius 3 is 2.64 bits per heavy atom. The first-order valence-electron chi connectivity index (χ1n) is 6.72. The van der Waals surface area contributed by atoms with E-state index in [1.54, 1.807) is 42.7 Å². The molecule has 0 aliphatic heterocycles. The first-order chi connectivity index (χ1) is 10.7. The molecule has 0 radical (unpaired) electrons. The molecule has 2 rings (SSSR count). The number of rotatable bonds is 5. The Balaban J connectivity index is 1.88. The number of carbonyl (C=O) groups is 2. The molecular weight excluding hydrogens is 280 g/mol. The largest absolute Gasteiger partial charge is 0.465 e. The molecule has 1 heterocycles. The SMILES string of the molecule is COC(=O)c1ccc(/C=C/C(=O)NCc2cccnc2)cc1. The highest BCUT2D eigenvalue weighted by Gasteiger charge is 2.03. The van der Waals surface area contributed by atoms with Gasteiger partial charge < -0.3 is 10.1 Å². The molecule has 1 aromatic heterocycles. The molecule has 0 aliphatic carbocycles. The van der Waals surface area contributed by atoms with E-state index in [2.05, 4.69) is 15.0 Å². The fourth-order valence-electron chi connectivity index (χ4n) is 1.77. The highest BCUT2D eigenvalue weighted by molar-refractivity contribution is 5.92. The van der Waals surface area contributed by atoms with Crippen molar-refractivity contribution in [3.63, 3.8) is 0 Å². The molecule has 0 atom stereocenters. The lowest BCUT2D eigenvalue weighted by molar-refractivity contribution is -0.116. The summed E-state index contributed by atoms with van der Waals surface area (Å²) in [6.45, 7) is 0.429. The van der Waals surface area contributed by atoms with Gasteiger partial charge in [-0.2, -0.15) is 0 Å². The molecule has 1 aromatic carbocycles. The van der Waals surface area contributed by atoms with Crippen molar-refractivity contribution in [2.75, 3.05) is 7.11 Å². The van der Waals surface area contributed by atoms with Crippen molar-refractivity contribution in [1.29, 1.82) is 0 Å². The average Bonchev–Trinajstić information content (AvgIpc) is 2.58. The van der Waals surface area contributed by atoms with Gasteiger partial charge in [0.1, 0.15) is 0 Å². The van der Waals surface area contributed by atoms with E-state index in [0.717, 1.165) is 11.1 Å². The predicted octanol–water partition coefficient (Wildman–Crippen LogP) is 2.20. The van der Waals surface area contributed by atoms with Crippen LogP contribution in [0.2, 0.25) is 0 Å². The Kier molecular flexibility index (Phi) is 5.43. The van der Waals surface area contributed by atoms with Crippen LogP contribution in [0.1, 0.15) is 21.5 Å². The van der Waals surface area contributed by atoms with E-state index in [4.69, 9.17) is 0 Å². The molecule has 112 valence electrons. The number of hydrogen-bond donors (Lipinski definition) is 1. The Labute approximate surface area is 128 Å². The van der Waals surface area contributed by atoms with Crippen LogP contribution >= 0.6 is 0 Å². The van der Waals surface area contributed by atoms with Gasteiger partial charge in [-0.15, -0.1) is 0 Å². The Hall–Kier alpha value is -2.95. The number of ether oxygens (including phenoxy) is 1. The summed E-state index contributed by atoms with van der Waals surface area (Å²) in [4.78, 5) is 27.0. The van der Waals surface area contributed by atoms with Gasteiger partial charge in [0.05, 0.1) is 12.7 Å². The van der Waals surface area contributed by atoms with Crippen LogP contribution in [0.15, 0.2) is 54.9 Å². The molecule has 0 aliphatic rings. The molecule has 0 unspecified atom stereocenters. The van der Waals surface area contributed by atoms with Crippen LogP contribution < -0.4 is 5.32 Å². The third-order valence-electron chi connectivity index (χ3n) is 2.95. The number of nitrogens with one attached hydrogen (secondary N) is 1. The second-order valence-corrected chi connectivity index (χ2v) is 4.53. The number of nitrogens with zero attached hydrogens (tertiary/aromatic N) is 1. The minimum Gasteiger partial charge on any atom is -0.465 e. The van der Waals surface area contributed by atoms with Crippen molar-refractivity contribution in [3.8, 4) is 0 Å². The van der Waals surface area contributed by atoms with Gasteiger partial charge in [-0.05, 0) is 35.4 Å². The van der Waals surface area contributed by atoms with Crippen LogP contribution in [-0.2, 0) is 16.1 Å². The summed E-state index contributed by atoms with van der Waals surface area (Å²) < 4.78 is 4.62. The maximum Gasteiger partial charge on any atom is 0.337 e. The van der Waals surface area contributed by atoms with Gasteiger partial charge in [0, 0.05) is 25.0 Å². The number of esters is 1. The van der Waals surface area contributed by atoms with E-state index in [-0.39, 0.29) is 11.9 Å². The molecule has 0 saturated carbocycles. The normalized spacial score (nSPS) is 10.4. The minimum atomic E-state index is -0.384. The standard InChI is InChI=1S/C17H16N2O3/c1-22-17(21)15-7-4-13(5-8-15)6-9-16(20)19-12-14-3-2-10-18-11-14/h2-11H,12H2,1H3,(H,19,20)/b9-6+. The second-order valence-electron chi connectivity index (χ2n) is 4.53. The maximum absolute atomic E-state index is 11.7. The van der Waals surface area contributed by atoms with E-state index >= 15 is 0 Å². The first kappa shape index (κ1) is 15.4. The van der Waals surface area contributed by atoms with Gasteiger partial charge in [0.2, 0.25) is 5.91 Å². The van der Waals surface area contributed by atoms with E-state index in [1.165, 1.54) is 13.2 Å². The van der Waals surface area contributed by atoms with Crippen LogP contribution in [0, 0.1) is 0 Å². The Morgan fingerprint density at radius 1 is 1.23 bits per heavy atom. The number of pyridine rings is 1. The van der Waals surface area contributed by atoms with E-state index < -0.39 is 0 Å². The summed E-state index contributed by atoms with van der Waals surface area (Å²) in [5.41, 5.74) is 2.23. The predicted molar refractivity (Wildman–Crippen MR) is 82.9 cm³/mol. The minimum absolute atomic E-state index is 0.194. The molecule has 5 heteroatoms. The van der Waals surface area contributed by atoms with E-state index in [0.29, 0.717) is 12.1 Å². The van der Waals surface area contributed by atoms with Crippen molar-refractivity contribution in [2.24, 2.45) is 0 Å². The van der Waals surface area contributed by atoms with Crippen molar-refractivity contribution in [1.82, 2.24) is 10.3 Å². The van der Waals surface area contributed by atoms with Crippen molar-refractivity contribution < 1.29 is 14.3 Å². The molecule has 0 fully saturated rings. The fourth-order valence-corrected chi connectivity index (χ4v) is 1.77. The average molecular weight is 296 g/mol. The molecule has 1 amide bonds. The summed E-state index contributed by atoms with van der Waals surface area (Å²) in [7, 11) is 1.34. The van der Waals surface area contributed by atoms with Gasteiger partial charge in [-0.1, -0.05) is 18.2 Å². The van der Waals surface area contributed by atoms with Crippen LogP contribution in [0.25, 0.3) is 6.08 Å². The summed E-state index contributed by atoms with van der Waals surface area (Å²) in [5.74, 6) is -0.578. The molecule has 0 spiro atoms. The zero-order chi connectivity index (χ0) is 15.8. The lowest BCUT2D eigenvalue weighted by Gasteiger charge is -2.02. The number of benzene rings is 1. The number of methoxy groups -OCH3 is 1. The molecule has 22 heavy (non-hydrogen) atoms. The van der Waals surface area contributed by atoms with Crippen LogP contribution in [0.4, 0.5) is 0 Å². The van der Waals surface area contributed by atoms with Gasteiger partial charge >= 0.3 is 5.97 Å². The van der Waals surface area contributed by atoms with Gasteiger partial charge in [0.25, 0.3) is 0 Å². The van der Waals surface area contributed by atoms with Gasteiger partial charge in [-0.25, -0.2) is 4.79 Å². The molecule has 2 aromatic rings. The number of carbonyl (C=O) groups excluding carboxylic acids is 2. The maximum atomic E-state index is 11.7. The third-order valence-corrected chi connectivity index (χ3v) is 2.95. The number of hydrogen-bond acceptors (Lipinski definition) is 4. The van der Waals surface area contributed by atoms with Crippen LogP contribution in [-0.4, -0.2) is 24.0 Å². The molecular formula is C17H16N2O3. The molecule has 0 bridgehead atoms.